The number of anilines is 1. The molecule has 0 amide bonds. The number of carboxylic acids is 1. The van der Waals surface area contributed by atoms with E-state index >= 15 is 0 Å². The lowest BCUT2D eigenvalue weighted by atomic mass is 10.1. The van der Waals surface area contributed by atoms with Crippen LogP contribution in [0.5, 0.6) is 5.75 Å². The van der Waals surface area contributed by atoms with Gasteiger partial charge in [0.15, 0.2) is 0 Å². The fraction of sp³-hybridized carbons (Fsp3) is 0.273. The van der Waals surface area contributed by atoms with E-state index in [-0.39, 0.29) is 25.3 Å². The average molecular weight is 497 g/mol. The third-order valence-electron chi connectivity index (χ3n) is 4.91. The average Bonchev–Trinajstić information content (AvgIpc) is 3.24. The van der Waals surface area contributed by atoms with Gasteiger partial charge in [0, 0.05) is 31.4 Å². The maximum absolute atomic E-state index is 13.2. The summed E-state index contributed by atoms with van der Waals surface area (Å²) in [6, 6.07) is 8.72. The maximum Gasteiger partial charge on any atom is 0.416 e. The van der Waals surface area contributed by atoms with Gasteiger partial charge in [0.2, 0.25) is 0 Å². The molecule has 0 aliphatic carbocycles. The number of halogens is 3. The molecule has 1 aliphatic heterocycles. The Morgan fingerprint density at radius 1 is 1.21 bits per heavy atom. The number of rotatable bonds is 4. The number of hydrogen-bond donors (Lipinski definition) is 1. The van der Waals surface area contributed by atoms with Gasteiger partial charge in [-0.3, -0.25) is 9.10 Å². The molecule has 1 aromatic heterocycles. The third kappa shape index (κ3) is 5.33. The van der Waals surface area contributed by atoms with E-state index in [1.165, 1.54) is 0 Å². The van der Waals surface area contributed by atoms with E-state index in [1.54, 1.807) is 49.1 Å². The van der Waals surface area contributed by atoms with Crippen LogP contribution < -0.4 is 9.04 Å². The number of nitrogens with zero attached hydrogens (tertiary/aromatic N) is 3. The summed E-state index contributed by atoms with van der Waals surface area (Å²) < 4.78 is 73.9. The minimum Gasteiger partial charge on any atom is -0.489 e. The molecule has 0 radical (unpaired) electrons. The first-order chi connectivity index (χ1) is 15.9. The first-order valence-corrected chi connectivity index (χ1v) is 11.6. The minimum absolute atomic E-state index is 0.0183. The largest absolute Gasteiger partial charge is 0.489 e. The van der Waals surface area contributed by atoms with Crippen LogP contribution in [0.15, 0.2) is 59.8 Å². The van der Waals surface area contributed by atoms with Crippen molar-refractivity contribution in [3.05, 3.63) is 60.4 Å². The molecule has 0 bridgehead atoms. The van der Waals surface area contributed by atoms with Gasteiger partial charge in [-0.25, -0.2) is 13.4 Å². The SMILES string of the molecule is CCC(=O)O.Cn1ccnc1-c1ccc2c(c1)N(S(=O)(=O)c1cccc(C(F)(F)F)c1)CCO2. The van der Waals surface area contributed by atoms with E-state index in [0.717, 1.165) is 22.5 Å². The fourth-order valence-electron chi connectivity index (χ4n) is 3.19. The fourth-order valence-corrected chi connectivity index (χ4v) is 4.68. The molecule has 4 rings (SSSR count). The molecule has 0 saturated carbocycles. The van der Waals surface area contributed by atoms with Crippen molar-refractivity contribution in [1.29, 1.82) is 0 Å². The molecule has 8 nitrogen and oxygen atoms in total. The number of sulfonamides is 1. The van der Waals surface area contributed by atoms with Gasteiger partial charge < -0.3 is 14.4 Å². The van der Waals surface area contributed by atoms with E-state index in [1.807, 2.05) is 0 Å². The van der Waals surface area contributed by atoms with Crippen molar-refractivity contribution in [2.75, 3.05) is 17.5 Å². The highest BCUT2D eigenvalue weighted by molar-refractivity contribution is 7.92. The molecule has 1 N–H and O–H groups in total. The van der Waals surface area contributed by atoms with Crippen LogP contribution in [0, 0.1) is 0 Å². The molecule has 0 unspecified atom stereocenters. The van der Waals surface area contributed by atoms with Gasteiger partial charge in [-0.15, -0.1) is 0 Å². The lowest BCUT2D eigenvalue weighted by molar-refractivity contribution is -0.138. The number of alkyl halides is 3. The minimum atomic E-state index is -4.64. The molecule has 0 atom stereocenters. The summed E-state index contributed by atoms with van der Waals surface area (Å²) >= 11 is 0. The Balaban J connectivity index is 0.000000588. The Morgan fingerprint density at radius 2 is 1.91 bits per heavy atom. The first-order valence-electron chi connectivity index (χ1n) is 10.1. The summed E-state index contributed by atoms with van der Waals surface area (Å²) in [7, 11) is -2.43. The molecule has 0 fully saturated rings. The zero-order valence-corrected chi connectivity index (χ0v) is 19.1. The Bertz CT molecular complexity index is 1290. The molecule has 2 heterocycles. The Hall–Kier alpha value is -3.54. The zero-order chi connectivity index (χ0) is 25.1. The van der Waals surface area contributed by atoms with Crippen LogP contribution in [0.25, 0.3) is 11.4 Å². The van der Waals surface area contributed by atoms with Gasteiger partial charge in [-0.1, -0.05) is 13.0 Å². The van der Waals surface area contributed by atoms with Crippen LogP contribution in [0.4, 0.5) is 18.9 Å². The van der Waals surface area contributed by atoms with Crippen LogP contribution in [0.1, 0.15) is 18.9 Å². The van der Waals surface area contributed by atoms with Crippen LogP contribution in [-0.2, 0) is 28.0 Å². The maximum atomic E-state index is 13.2. The molecule has 34 heavy (non-hydrogen) atoms. The molecule has 1 aliphatic rings. The number of aliphatic carboxylic acids is 1. The lowest BCUT2D eigenvalue weighted by Gasteiger charge is -2.31. The summed E-state index contributed by atoms with van der Waals surface area (Å²) in [6.45, 7) is 1.67. The summed E-state index contributed by atoms with van der Waals surface area (Å²) in [5.41, 5.74) is -0.103. The quantitative estimate of drug-likeness (QED) is 0.581. The number of carboxylic acid groups (broad SMARTS) is 1. The Labute approximate surface area is 194 Å². The molecule has 2 aromatic carbocycles. The number of benzene rings is 2. The highest BCUT2D eigenvalue weighted by atomic mass is 32.2. The van der Waals surface area contributed by atoms with Crippen LogP contribution in [0.3, 0.4) is 0 Å². The van der Waals surface area contributed by atoms with E-state index in [2.05, 4.69) is 4.98 Å². The van der Waals surface area contributed by atoms with Gasteiger partial charge in [0.1, 0.15) is 18.2 Å². The molecule has 3 aromatic rings. The summed E-state index contributed by atoms with van der Waals surface area (Å²) in [6.07, 6.45) is -1.05. The van der Waals surface area contributed by atoms with Gasteiger partial charge in [0.25, 0.3) is 10.0 Å². The van der Waals surface area contributed by atoms with Gasteiger partial charge in [0.05, 0.1) is 22.7 Å². The second kappa shape index (κ2) is 9.75. The second-order valence-corrected chi connectivity index (χ2v) is 9.11. The number of ether oxygens (including phenoxy) is 1. The summed E-state index contributed by atoms with van der Waals surface area (Å²) in [5.74, 6) is 0.213. The lowest BCUT2D eigenvalue weighted by Crippen LogP contribution is -2.38. The molecular weight excluding hydrogens is 475 g/mol. The Kier molecular flexibility index (Phi) is 7.20. The predicted octanol–water partition coefficient (Wildman–Crippen LogP) is 4.17. The van der Waals surface area contributed by atoms with Crippen LogP contribution >= 0.6 is 0 Å². The molecular formula is C22H22F3N3O5S. The predicted molar refractivity (Wildman–Crippen MR) is 118 cm³/mol. The number of aromatic nitrogens is 2. The number of aryl methyl sites for hydroxylation is 1. The molecule has 0 saturated heterocycles. The van der Waals surface area contributed by atoms with Crippen molar-refractivity contribution in [3.8, 4) is 17.1 Å². The highest BCUT2D eigenvalue weighted by Gasteiger charge is 2.35. The molecule has 12 heteroatoms. The van der Waals surface area contributed by atoms with Gasteiger partial charge in [-0.2, -0.15) is 13.2 Å². The molecule has 182 valence electrons. The van der Waals surface area contributed by atoms with E-state index in [0.29, 0.717) is 23.2 Å². The van der Waals surface area contributed by atoms with Crippen molar-refractivity contribution in [3.63, 3.8) is 0 Å². The van der Waals surface area contributed by atoms with Crippen molar-refractivity contribution in [1.82, 2.24) is 9.55 Å². The summed E-state index contributed by atoms with van der Waals surface area (Å²) in [5, 5.41) is 7.72. The first kappa shape index (κ1) is 25.1. The number of imidazole rings is 1. The monoisotopic (exact) mass is 497 g/mol. The van der Waals surface area contributed by atoms with Crippen LogP contribution in [-0.4, -0.2) is 42.2 Å². The normalized spacial score (nSPS) is 13.4. The van der Waals surface area contributed by atoms with Crippen LogP contribution in [0.2, 0.25) is 0 Å². The summed E-state index contributed by atoms with van der Waals surface area (Å²) in [4.78, 5) is 13.2. The second-order valence-electron chi connectivity index (χ2n) is 7.24. The third-order valence-corrected chi connectivity index (χ3v) is 6.72. The number of hydrogen-bond acceptors (Lipinski definition) is 5. The number of fused-ring (bicyclic) bond motifs is 1. The van der Waals surface area contributed by atoms with Gasteiger partial charge >= 0.3 is 12.1 Å². The van der Waals surface area contributed by atoms with Gasteiger partial charge in [-0.05, 0) is 36.4 Å². The highest BCUT2D eigenvalue weighted by Crippen LogP contribution is 2.39. The smallest absolute Gasteiger partial charge is 0.416 e. The van der Waals surface area contributed by atoms with Crippen molar-refractivity contribution in [2.45, 2.75) is 24.4 Å². The molecule has 0 spiro atoms. The topological polar surface area (TPSA) is 102 Å². The zero-order valence-electron chi connectivity index (χ0n) is 18.3. The number of carbonyl (C=O) groups is 1. The van der Waals surface area contributed by atoms with E-state index in [4.69, 9.17) is 9.84 Å². The van der Waals surface area contributed by atoms with Crippen molar-refractivity contribution < 1.29 is 36.2 Å². The van der Waals surface area contributed by atoms with Crippen molar-refractivity contribution >= 4 is 21.7 Å². The van der Waals surface area contributed by atoms with Crippen molar-refractivity contribution in [2.24, 2.45) is 7.05 Å². The van der Waals surface area contributed by atoms with E-state index in [9.17, 15) is 26.4 Å². The standard InChI is InChI=1S/C19H16F3N3O3S.C3H6O2/c1-24-8-7-23-18(24)13-5-6-17-16(11-13)25(9-10-28-17)29(26,27)15-4-2-3-14(12-15)19(20,21)22;1-2-3(4)5/h2-8,11-12H,9-10H2,1H3;2H2,1H3,(H,4,5). The van der Waals surface area contributed by atoms with E-state index < -0.39 is 32.6 Å². The Morgan fingerprint density at radius 3 is 2.50 bits per heavy atom.